The number of aliphatic hydroxyl groups excluding tert-OH is 1. The van der Waals surface area contributed by atoms with Crippen LogP contribution in [0.5, 0.6) is 0 Å². The van der Waals surface area contributed by atoms with Crippen LogP contribution in [0.3, 0.4) is 0 Å². The third-order valence-corrected chi connectivity index (χ3v) is 0.372. The van der Waals surface area contributed by atoms with Crippen LogP contribution in [-0.2, 0) is 0 Å². The van der Waals surface area contributed by atoms with Crippen molar-refractivity contribution < 1.29 is 5.11 Å². The van der Waals surface area contributed by atoms with Crippen molar-refractivity contribution in [2.45, 2.75) is 6.42 Å². The van der Waals surface area contributed by atoms with E-state index in [1.165, 1.54) is 0 Å². The van der Waals surface area contributed by atoms with Gasteiger partial charge < -0.3 is 5.11 Å². The molecule has 2 heteroatoms. The van der Waals surface area contributed by atoms with E-state index in [9.17, 15) is 0 Å². The van der Waals surface area contributed by atoms with Gasteiger partial charge in [0, 0.05) is 0 Å². The van der Waals surface area contributed by atoms with Gasteiger partial charge in [-0.15, -0.1) is 0 Å². The maximum atomic E-state index is 8.01. The van der Waals surface area contributed by atoms with Gasteiger partial charge in [0.25, 0.3) is 0 Å². The van der Waals surface area contributed by atoms with Crippen LogP contribution < -0.4 is 0 Å². The Hall–Kier alpha value is -0.990. The normalized spacial score (nSPS) is 5.71. The summed E-state index contributed by atoms with van der Waals surface area (Å²) in [5, 5.41) is 15.9. The first-order valence-electron chi connectivity index (χ1n) is 1.85. The molecule has 0 aliphatic heterocycles. The van der Waals surface area contributed by atoms with Gasteiger partial charge in [-0.05, 0) is 0 Å². The second-order valence-electron chi connectivity index (χ2n) is 0.847. The number of hydrogen-bond donors (Lipinski definition) is 1. The van der Waals surface area contributed by atoms with Crippen molar-refractivity contribution in [3.05, 3.63) is 0 Å². The fourth-order valence-electron chi connectivity index (χ4n) is 0.158. The first-order chi connectivity index (χ1) is 3.41. The Labute approximate surface area is 42.4 Å². The zero-order valence-electron chi connectivity index (χ0n) is 3.81. The summed E-state index contributed by atoms with van der Waals surface area (Å²) >= 11 is 0. The zero-order valence-corrected chi connectivity index (χ0v) is 3.81. The maximum Gasteiger partial charge on any atom is 0.104 e. The molecule has 0 unspecified atom stereocenters. The highest BCUT2D eigenvalue weighted by molar-refractivity contribution is 5.04. The lowest BCUT2D eigenvalue weighted by Crippen LogP contribution is -1.69. The molecule has 0 heterocycles. The molecule has 0 saturated carbocycles. The summed E-state index contributed by atoms with van der Waals surface area (Å²) in [7, 11) is 0. The standard InChI is InChI=1S/C5H5NO/c6-4-2-1-3-5-7/h7H,2,5H2. The predicted octanol–water partition coefficient (Wildman–Crippen LogP) is -0.104. The van der Waals surface area contributed by atoms with E-state index >= 15 is 0 Å². The Morgan fingerprint density at radius 2 is 2.14 bits per heavy atom. The van der Waals surface area contributed by atoms with Crippen LogP contribution in [0.1, 0.15) is 6.42 Å². The quantitative estimate of drug-likeness (QED) is 0.427. The van der Waals surface area contributed by atoms with E-state index in [2.05, 4.69) is 11.8 Å². The Morgan fingerprint density at radius 1 is 1.43 bits per heavy atom. The van der Waals surface area contributed by atoms with E-state index in [1.807, 2.05) is 6.07 Å². The molecule has 2 nitrogen and oxygen atoms in total. The number of nitrogens with zero attached hydrogens (tertiary/aromatic N) is 1. The van der Waals surface area contributed by atoms with E-state index in [4.69, 9.17) is 10.4 Å². The monoisotopic (exact) mass is 95.0 g/mol. The van der Waals surface area contributed by atoms with E-state index in [0.29, 0.717) is 0 Å². The Balaban J connectivity index is 3.12. The Bertz CT molecular complexity index is 123. The Kier molecular flexibility index (Phi) is 4.30. The summed E-state index contributed by atoms with van der Waals surface area (Å²) in [4.78, 5) is 0. The van der Waals surface area contributed by atoms with E-state index in [-0.39, 0.29) is 13.0 Å². The van der Waals surface area contributed by atoms with Crippen LogP contribution in [0.2, 0.25) is 0 Å². The molecule has 1 N–H and O–H groups in total. The molecular formula is C5H5NO. The minimum atomic E-state index is -0.151. The highest BCUT2D eigenvalue weighted by atomic mass is 16.2. The SMILES string of the molecule is N#CCC#CCO. The zero-order chi connectivity index (χ0) is 5.54. The van der Waals surface area contributed by atoms with Crippen molar-refractivity contribution in [1.82, 2.24) is 0 Å². The molecule has 0 aromatic rings. The molecule has 0 amide bonds. The van der Waals surface area contributed by atoms with Gasteiger partial charge >= 0.3 is 0 Å². The highest BCUT2D eigenvalue weighted by Crippen LogP contribution is 1.64. The second-order valence-corrected chi connectivity index (χ2v) is 0.847. The van der Waals surface area contributed by atoms with Gasteiger partial charge in [-0.2, -0.15) is 5.26 Å². The molecule has 0 rings (SSSR count). The third kappa shape index (κ3) is 5.01. The van der Waals surface area contributed by atoms with Crippen molar-refractivity contribution in [3.8, 4) is 17.9 Å². The van der Waals surface area contributed by atoms with E-state index < -0.39 is 0 Å². The number of nitriles is 1. The maximum absolute atomic E-state index is 8.01. The average molecular weight is 95.1 g/mol. The molecule has 0 spiro atoms. The van der Waals surface area contributed by atoms with Crippen LogP contribution in [0.25, 0.3) is 0 Å². The number of rotatable bonds is 0. The lowest BCUT2D eigenvalue weighted by molar-refractivity contribution is 0.350. The second kappa shape index (κ2) is 5.01. The molecule has 36 valence electrons. The molecule has 0 aliphatic carbocycles. The van der Waals surface area contributed by atoms with Gasteiger partial charge in [0.2, 0.25) is 0 Å². The topological polar surface area (TPSA) is 44.0 Å². The van der Waals surface area contributed by atoms with Crippen molar-refractivity contribution in [3.63, 3.8) is 0 Å². The fourth-order valence-corrected chi connectivity index (χ4v) is 0.158. The summed E-state index contributed by atoms with van der Waals surface area (Å²) in [6, 6.07) is 1.82. The summed E-state index contributed by atoms with van der Waals surface area (Å²) in [5.74, 6) is 4.76. The summed E-state index contributed by atoms with van der Waals surface area (Å²) in [6.45, 7) is -0.151. The van der Waals surface area contributed by atoms with Crippen LogP contribution in [0, 0.1) is 23.2 Å². The highest BCUT2D eigenvalue weighted by Gasteiger charge is 1.63. The molecule has 0 saturated heterocycles. The summed E-state index contributed by atoms with van der Waals surface area (Å²) in [6.07, 6.45) is 0.209. The van der Waals surface area contributed by atoms with Gasteiger partial charge in [-0.25, -0.2) is 0 Å². The van der Waals surface area contributed by atoms with Crippen LogP contribution in [0.4, 0.5) is 0 Å². The van der Waals surface area contributed by atoms with E-state index in [1.54, 1.807) is 0 Å². The van der Waals surface area contributed by atoms with Gasteiger partial charge in [-0.3, -0.25) is 0 Å². The molecule has 0 fully saturated rings. The molecule has 0 bridgehead atoms. The van der Waals surface area contributed by atoms with Crippen molar-refractivity contribution in [1.29, 1.82) is 5.26 Å². The summed E-state index contributed by atoms with van der Waals surface area (Å²) < 4.78 is 0. The minimum absolute atomic E-state index is 0.151. The smallest absolute Gasteiger partial charge is 0.104 e. The van der Waals surface area contributed by atoms with Crippen LogP contribution in [-0.4, -0.2) is 11.7 Å². The molecule has 0 aromatic heterocycles. The fraction of sp³-hybridized carbons (Fsp3) is 0.400. The van der Waals surface area contributed by atoms with Crippen molar-refractivity contribution in [2.24, 2.45) is 0 Å². The van der Waals surface area contributed by atoms with Gasteiger partial charge in [-0.1, -0.05) is 11.8 Å². The minimum Gasteiger partial charge on any atom is -0.384 e. The van der Waals surface area contributed by atoms with Crippen LogP contribution in [0.15, 0.2) is 0 Å². The Morgan fingerprint density at radius 3 is 2.57 bits per heavy atom. The van der Waals surface area contributed by atoms with Gasteiger partial charge in [0.05, 0.1) is 12.5 Å². The lowest BCUT2D eigenvalue weighted by Gasteiger charge is -1.65. The first kappa shape index (κ1) is 6.01. The van der Waals surface area contributed by atoms with Gasteiger partial charge in [0.15, 0.2) is 0 Å². The van der Waals surface area contributed by atoms with Gasteiger partial charge in [0.1, 0.15) is 6.61 Å². The first-order valence-corrected chi connectivity index (χ1v) is 1.85. The molecule has 7 heavy (non-hydrogen) atoms. The number of hydrogen-bond acceptors (Lipinski definition) is 2. The summed E-state index contributed by atoms with van der Waals surface area (Å²) in [5.41, 5.74) is 0. The number of aliphatic hydroxyl groups is 1. The van der Waals surface area contributed by atoms with Crippen molar-refractivity contribution >= 4 is 0 Å². The van der Waals surface area contributed by atoms with Crippen LogP contribution >= 0.6 is 0 Å². The molecule has 0 aliphatic rings. The lowest BCUT2D eigenvalue weighted by atomic mass is 10.5. The molecule has 0 atom stereocenters. The predicted molar refractivity (Wildman–Crippen MR) is 25.1 cm³/mol. The van der Waals surface area contributed by atoms with Crippen molar-refractivity contribution in [2.75, 3.05) is 6.61 Å². The largest absolute Gasteiger partial charge is 0.384 e. The molecule has 0 aromatic carbocycles. The third-order valence-electron chi connectivity index (χ3n) is 0.372. The molecular weight excluding hydrogens is 90.1 g/mol. The van der Waals surface area contributed by atoms with E-state index in [0.717, 1.165) is 0 Å². The average Bonchev–Trinajstić information content (AvgIpc) is 1.69. The molecule has 0 radical (unpaired) electrons.